The summed E-state index contributed by atoms with van der Waals surface area (Å²) < 4.78 is 41.3. The van der Waals surface area contributed by atoms with E-state index in [0.29, 0.717) is 23.7 Å². The van der Waals surface area contributed by atoms with Gasteiger partial charge in [-0.15, -0.1) is 13.2 Å². The molecule has 0 aliphatic heterocycles. The van der Waals surface area contributed by atoms with Crippen molar-refractivity contribution in [1.29, 1.82) is 0 Å². The zero-order valence-electron chi connectivity index (χ0n) is 18.4. The lowest BCUT2D eigenvalue weighted by Gasteiger charge is -2.09. The van der Waals surface area contributed by atoms with Crippen LogP contribution in [0, 0.1) is 0 Å². The summed E-state index contributed by atoms with van der Waals surface area (Å²) in [5, 5.41) is 4.10. The lowest BCUT2D eigenvalue weighted by Crippen LogP contribution is -2.16. The predicted molar refractivity (Wildman–Crippen MR) is 128 cm³/mol. The van der Waals surface area contributed by atoms with Gasteiger partial charge in [0.05, 0.1) is 5.69 Å². The summed E-state index contributed by atoms with van der Waals surface area (Å²) in [6, 6.07) is 19.6. The van der Waals surface area contributed by atoms with Gasteiger partial charge in [0, 0.05) is 41.6 Å². The second-order valence-electron chi connectivity index (χ2n) is 7.82. The van der Waals surface area contributed by atoms with Crippen LogP contribution in [-0.4, -0.2) is 32.8 Å². The number of fused-ring (bicyclic) bond motifs is 1. The fourth-order valence-electron chi connectivity index (χ4n) is 3.78. The highest BCUT2D eigenvalue weighted by molar-refractivity contribution is 5.95. The van der Waals surface area contributed by atoms with Gasteiger partial charge in [0.2, 0.25) is 5.95 Å². The zero-order chi connectivity index (χ0) is 24.3. The summed E-state index contributed by atoms with van der Waals surface area (Å²) in [4.78, 5) is 16.6. The monoisotopic (exact) mass is 475 g/mol. The molecular formula is C26H20F3N5O. The molecule has 0 unspecified atom stereocenters. The van der Waals surface area contributed by atoms with Crippen molar-refractivity contribution in [1.82, 2.24) is 19.9 Å². The van der Waals surface area contributed by atoms with Crippen LogP contribution in [0.2, 0.25) is 0 Å². The van der Waals surface area contributed by atoms with Gasteiger partial charge < -0.3 is 15.0 Å². The molecule has 5 aromatic rings. The van der Waals surface area contributed by atoms with E-state index in [-0.39, 0.29) is 5.75 Å². The molecule has 0 aliphatic carbocycles. The molecule has 9 heteroatoms. The van der Waals surface area contributed by atoms with E-state index in [2.05, 4.69) is 42.1 Å². The smallest absolute Gasteiger partial charge is 0.406 e. The lowest BCUT2D eigenvalue weighted by atomic mass is 10.0. The number of halogens is 3. The van der Waals surface area contributed by atoms with Crippen LogP contribution in [-0.2, 0) is 6.42 Å². The standard InChI is InChI=1S/C26H20F3N5O/c27-26(28,29)35-20-8-6-18(7-9-20)19-14-21-22(16-33-24(21)32-15-19)23-11-13-31-25(34-23)30-12-10-17-4-2-1-3-5-17/h1-9,11,13-16H,10,12H2,(H,32,33)(H,30,31,34). The second-order valence-corrected chi connectivity index (χ2v) is 7.82. The molecule has 2 aromatic carbocycles. The van der Waals surface area contributed by atoms with Crippen LogP contribution in [0.1, 0.15) is 5.56 Å². The largest absolute Gasteiger partial charge is 0.573 e. The van der Waals surface area contributed by atoms with Crippen molar-refractivity contribution in [2.75, 3.05) is 11.9 Å². The van der Waals surface area contributed by atoms with E-state index < -0.39 is 6.36 Å². The molecule has 3 aromatic heterocycles. The molecule has 0 fully saturated rings. The van der Waals surface area contributed by atoms with Crippen molar-refractivity contribution in [3.8, 4) is 28.1 Å². The highest BCUT2D eigenvalue weighted by Gasteiger charge is 2.31. The molecule has 0 amide bonds. The molecule has 0 saturated heterocycles. The number of aromatic amines is 1. The quantitative estimate of drug-likeness (QED) is 0.291. The highest BCUT2D eigenvalue weighted by Crippen LogP contribution is 2.31. The third-order valence-corrected chi connectivity index (χ3v) is 5.42. The Balaban J connectivity index is 1.36. The Morgan fingerprint density at radius 1 is 0.914 bits per heavy atom. The van der Waals surface area contributed by atoms with Gasteiger partial charge in [0.25, 0.3) is 0 Å². The number of hydrogen-bond acceptors (Lipinski definition) is 5. The predicted octanol–water partition coefficient (Wildman–Crippen LogP) is 6.24. The zero-order valence-corrected chi connectivity index (χ0v) is 18.4. The van der Waals surface area contributed by atoms with E-state index in [9.17, 15) is 13.2 Å². The lowest BCUT2D eigenvalue weighted by molar-refractivity contribution is -0.274. The van der Waals surface area contributed by atoms with E-state index in [0.717, 1.165) is 28.6 Å². The molecule has 0 radical (unpaired) electrons. The Morgan fingerprint density at radius 3 is 2.49 bits per heavy atom. The summed E-state index contributed by atoms with van der Waals surface area (Å²) in [6.07, 6.45) is 1.32. The summed E-state index contributed by atoms with van der Waals surface area (Å²) >= 11 is 0. The molecule has 35 heavy (non-hydrogen) atoms. The third-order valence-electron chi connectivity index (χ3n) is 5.42. The summed E-state index contributed by atoms with van der Waals surface area (Å²) in [5.41, 5.74) is 4.95. The van der Waals surface area contributed by atoms with Crippen LogP contribution >= 0.6 is 0 Å². The second kappa shape index (κ2) is 9.46. The van der Waals surface area contributed by atoms with Crippen LogP contribution in [0.25, 0.3) is 33.4 Å². The van der Waals surface area contributed by atoms with E-state index in [4.69, 9.17) is 0 Å². The first-order chi connectivity index (χ1) is 16.9. The van der Waals surface area contributed by atoms with Crippen molar-refractivity contribution in [2.45, 2.75) is 12.8 Å². The first-order valence-electron chi connectivity index (χ1n) is 10.9. The van der Waals surface area contributed by atoms with Gasteiger partial charge in [-0.2, -0.15) is 0 Å². The van der Waals surface area contributed by atoms with Crippen molar-refractivity contribution in [3.05, 3.63) is 90.9 Å². The Bertz CT molecular complexity index is 1430. The van der Waals surface area contributed by atoms with Crippen LogP contribution in [0.3, 0.4) is 0 Å². The average Bonchev–Trinajstić information content (AvgIpc) is 3.28. The van der Waals surface area contributed by atoms with Gasteiger partial charge in [-0.1, -0.05) is 42.5 Å². The molecule has 0 aliphatic rings. The number of benzene rings is 2. The van der Waals surface area contributed by atoms with Crippen molar-refractivity contribution >= 4 is 17.0 Å². The van der Waals surface area contributed by atoms with Crippen LogP contribution < -0.4 is 10.1 Å². The number of nitrogens with one attached hydrogen (secondary N) is 2. The molecule has 0 bridgehead atoms. The number of hydrogen-bond donors (Lipinski definition) is 2. The molecule has 6 nitrogen and oxygen atoms in total. The fraction of sp³-hybridized carbons (Fsp3) is 0.115. The van der Waals surface area contributed by atoms with Crippen molar-refractivity contribution < 1.29 is 17.9 Å². The Kier molecular flexibility index (Phi) is 6.05. The molecule has 5 rings (SSSR count). The van der Waals surface area contributed by atoms with Crippen LogP contribution in [0.5, 0.6) is 5.75 Å². The Labute approximate surface area is 198 Å². The number of H-pyrrole nitrogens is 1. The highest BCUT2D eigenvalue weighted by atomic mass is 19.4. The molecule has 0 spiro atoms. The first-order valence-corrected chi connectivity index (χ1v) is 10.9. The van der Waals surface area contributed by atoms with E-state index in [1.807, 2.05) is 36.5 Å². The molecule has 3 heterocycles. The van der Waals surface area contributed by atoms with E-state index >= 15 is 0 Å². The molecule has 0 saturated carbocycles. The maximum Gasteiger partial charge on any atom is 0.573 e. The minimum absolute atomic E-state index is 0.272. The molecular weight excluding hydrogens is 455 g/mol. The first kappa shape index (κ1) is 22.4. The SMILES string of the molecule is FC(F)(F)Oc1ccc(-c2cnc3[nH]cc(-c4ccnc(NCCc5ccccc5)n4)c3c2)cc1. The number of pyridine rings is 1. The molecule has 2 N–H and O–H groups in total. The minimum atomic E-state index is -4.73. The van der Waals surface area contributed by atoms with Gasteiger partial charge >= 0.3 is 6.36 Å². The summed E-state index contributed by atoms with van der Waals surface area (Å²) in [5.74, 6) is 0.253. The minimum Gasteiger partial charge on any atom is -0.406 e. The fourth-order valence-corrected chi connectivity index (χ4v) is 3.78. The maximum absolute atomic E-state index is 12.4. The normalized spacial score (nSPS) is 11.5. The van der Waals surface area contributed by atoms with Crippen molar-refractivity contribution in [2.24, 2.45) is 0 Å². The number of ether oxygens (including phenoxy) is 1. The van der Waals surface area contributed by atoms with Gasteiger partial charge in [0.15, 0.2) is 0 Å². The number of aromatic nitrogens is 4. The van der Waals surface area contributed by atoms with Crippen molar-refractivity contribution in [3.63, 3.8) is 0 Å². The molecule has 176 valence electrons. The van der Waals surface area contributed by atoms with Crippen LogP contribution in [0.4, 0.5) is 19.1 Å². The summed E-state index contributed by atoms with van der Waals surface area (Å²) in [7, 11) is 0. The summed E-state index contributed by atoms with van der Waals surface area (Å²) in [6.45, 7) is 0.696. The van der Waals surface area contributed by atoms with Gasteiger partial charge in [-0.25, -0.2) is 15.0 Å². The number of rotatable bonds is 7. The maximum atomic E-state index is 12.4. The number of nitrogens with zero attached hydrogens (tertiary/aromatic N) is 3. The van der Waals surface area contributed by atoms with Gasteiger partial charge in [-0.05, 0) is 41.8 Å². The van der Waals surface area contributed by atoms with Gasteiger partial charge in [0.1, 0.15) is 11.4 Å². The topological polar surface area (TPSA) is 75.7 Å². The Hall–Kier alpha value is -4.40. The van der Waals surface area contributed by atoms with E-state index in [1.165, 1.54) is 17.7 Å². The molecule has 0 atom stereocenters. The third kappa shape index (κ3) is 5.40. The average molecular weight is 475 g/mol. The Morgan fingerprint density at radius 2 is 1.71 bits per heavy atom. The van der Waals surface area contributed by atoms with Crippen LogP contribution in [0.15, 0.2) is 85.3 Å². The number of anilines is 1. The van der Waals surface area contributed by atoms with E-state index in [1.54, 1.807) is 24.5 Å². The number of alkyl halides is 3. The van der Waals surface area contributed by atoms with Gasteiger partial charge in [-0.3, -0.25) is 0 Å².